The highest BCUT2D eigenvalue weighted by atomic mass is 32.2. The zero-order chi connectivity index (χ0) is 21.2. The van der Waals surface area contributed by atoms with Crippen LogP contribution in [0, 0.1) is 0 Å². The van der Waals surface area contributed by atoms with Gasteiger partial charge in [0.05, 0.1) is 17.0 Å². The van der Waals surface area contributed by atoms with Gasteiger partial charge in [0.25, 0.3) is 0 Å². The Morgan fingerprint density at radius 2 is 1.68 bits per heavy atom. The molecule has 1 heterocycles. The number of nitrogens with zero attached hydrogens (tertiary/aromatic N) is 2. The van der Waals surface area contributed by atoms with Crippen molar-refractivity contribution in [2.75, 3.05) is 32.7 Å². The Bertz CT molecular complexity index is 802. The molecule has 28 heavy (non-hydrogen) atoms. The van der Waals surface area contributed by atoms with Gasteiger partial charge in [-0.05, 0) is 32.4 Å². The molecule has 1 amide bonds. The van der Waals surface area contributed by atoms with Crippen molar-refractivity contribution >= 4 is 15.9 Å². The number of halogens is 3. The molecule has 0 saturated carbocycles. The van der Waals surface area contributed by atoms with Crippen LogP contribution >= 0.6 is 0 Å². The molecule has 2 rings (SSSR count). The van der Waals surface area contributed by atoms with Crippen molar-refractivity contribution in [2.24, 2.45) is 0 Å². The number of hydrogen-bond donors (Lipinski definition) is 1. The molecule has 0 aliphatic carbocycles. The first-order valence-corrected chi connectivity index (χ1v) is 10.5. The number of piperazine rings is 1. The van der Waals surface area contributed by atoms with E-state index in [1.165, 1.54) is 6.07 Å². The third-order valence-electron chi connectivity index (χ3n) is 4.87. The van der Waals surface area contributed by atoms with Crippen molar-refractivity contribution in [3.63, 3.8) is 0 Å². The monoisotopic (exact) mass is 421 g/mol. The highest BCUT2D eigenvalue weighted by molar-refractivity contribution is 7.89. The number of benzene rings is 1. The van der Waals surface area contributed by atoms with Crippen LogP contribution in [0.15, 0.2) is 29.2 Å². The maximum Gasteiger partial charge on any atom is 0.417 e. The standard InChI is InChI=1S/C18H26F3N3O3S/c1-4-17(2,3)22-16(25)13-23-9-11-24(12-10-23)28(26,27)15-8-6-5-7-14(15)18(19,20)21/h5-8H,4,9-13H2,1-3H3,(H,22,25). The molecule has 10 heteroatoms. The minimum absolute atomic E-state index is 0.0268. The summed E-state index contributed by atoms with van der Waals surface area (Å²) >= 11 is 0. The van der Waals surface area contributed by atoms with Crippen molar-refractivity contribution in [3.8, 4) is 0 Å². The van der Waals surface area contributed by atoms with Gasteiger partial charge in [-0.15, -0.1) is 0 Å². The molecule has 0 bridgehead atoms. The number of carbonyl (C=O) groups excluding carboxylic acids is 1. The molecular formula is C18H26F3N3O3S. The Labute approximate surface area is 163 Å². The number of nitrogens with one attached hydrogen (secondary N) is 1. The van der Waals surface area contributed by atoms with E-state index in [0.717, 1.165) is 28.9 Å². The lowest BCUT2D eigenvalue weighted by Gasteiger charge is -2.34. The number of hydrogen-bond acceptors (Lipinski definition) is 4. The van der Waals surface area contributed by atoms with Gasteiger partial charge in [-0.1, -0.05) is 19.1 Å². The summed E-state index contributed by atoms with van der Waals surface area (Å²) in [4.78, 5) is 13.2. The molecule has 0 atom stereocenters. The molecular weight excluding hydrogens is 395 g/mol. The number of carbonyl (C=O) groups is 1. The molecule has 1 fully saturated rings. The quantitative estimate of drug-likeness (QED) is 0.766. The van der Waals surface area contributed by atoms with Crippen LogP contribution in [-0.4, -0.2) is 61.8 Å². The second-order valence-electron chi connectivity index (χ2n) is 7.46. The second kappa shape index (κ2) is 8.38. The predicted octanol–water partition coefficient (Wildman–Crippen LogP) is 2.32. The zero-order valence-electron chi connectivity index (χ0n) is 16.2. The minimum atomic E-state index is -4.75. The highest BCUT2D eigenvalue weighted by Gasteiger charge is 2.39. The van der Waals surface area contributed by atoms with E-state index in [-0.39, 0.29) is 44.2 Å². The van der Waals surface area contributed by atoms with Gasteiger partial charge in [-0.2, -0.15) is 17.5 Å². The van der Waals surface area contributed by atoms with Crippen molar-refractivity contribution in [1.29, 1.82) is 0 Å². The molecule has 1 aliphatic heterocycles. The van der Waals surface area contributed by atoms with Gasteiger partial charge in [-0.3, -0.25) is 9.69 Å². The number of alkyl halides is 3. The third-order valence-corrected chi connectivity index (χ3v) is 6.83. The fourth-order valence-electron chi connectivity index (χ4n) is 2.90. The SMILES string of the molecule is CCC(C)(C)NC(=O)CN1CCN(S(=O)(=O)c2ccccc2C(F)(F)F)CC1. The molecule has 1 aliphatic rings. The Hall–Kier alpha value is -1.65. The lowest BCUT2D eigenvalue weighted by atomic mass is 10.0. The average molecular weight is 421 g/mol. The fraction of sp³-hybridized carbons (Fsp3) is 0.611. The van der Waals surface area contributed by atoms with Crippen LogP contribution in [0.1, 0.15) is 32.8 Å². The molecule has 0 spiro atoms. The van der Waals surface area contributed by atoms with Crippen LogP contribution in [0.4, 0.5) is 13.2 Å². The van der Waals surface area contributed by atoms with Crippen LogP contribution in [0.25, 0.3) is 0 Å². The molecule has 6 nitrogen and oxygen atoms in total. The summed E-state index contributed by atoms with van der Waals surface area (Å²) < 4.78 is 66.1. The van der Waals surface area contributed by atoms with Crippen LogP contribution in [0.3, 0.4) is 0 Å². The molecule has 1 N–H and O–H groups in total. The first kappa shape index (κ1) is 22.6. The van der Waals surface area contributed by atoms with Crippen molar-refractivity contribution in [1.82, 2.24) is 14.5 Å². The number of amides is 1. The minimum Gasteiger partial charge on any atom is -0.350 e. The van der Waals surface area contributed by atoms with E-state index in [1.54, 1.807) is 4.90 Å². The zero-order valence-corrected chi connectivity index (χ0v) is 17.0. The lowest BCUT2D eigenvalue weighted by molar-refractivity contribution is -0.140. The first-order chi connectivity index (χ1) is 12.9. The van der Waals surface area contributed by atoms with Crippen molar-refractivity contribution in [3.05, 3.63) is 29.8 Å². The molecule has 0 unspecified atom stereocenters. The van der Waals surface area contributed by atoms with E-state index in [9.17, 15) is 26.4 Å². The molecule has 0 radical (unpaired) electrons. The Balaban J connectivity index is 2.04. The maximum atomic E-state index is 13.2. The normalized spacial score (nSPS) is 17.5. The molecule has 1 saturated heterocycles. The Morgan fingerprint density at radius 1 is 1.11 bits per heavy atom. The second-order valence-corrected chi connectivity index (χ2v) is 9.37. The molecule has 1 aromatic rings. The molecule has 158 valence electrons. The van der Waals surface area contributed by atoms with Gasteiger partial charge in [0, 0.05) is 31.7 Å². The van der Waals surface area contributed by atoms with Crippen molar-refractivity contribution < 1.29 is 26.4 Å². The van der Waals surface area contributed by atoms with E-state index >= 15 is 0 Å². The van der Waals surface area contributed by atoms with E-state index < -0.39 is 26.7 Å². The fourth-order valence-corrected chi connectivity index (χ4v) is 4.54. The first-order valence-electron chi connectivity index (χ1n) is 9.06. The summed E-state index contributed by atoms with van der Waals surface area (Å²) in [6, 6.07) is 4.18. The van der Waals surface area contributed by atoms with Gasteiger partial charge in [0.15, 0.2) is 0 Å². The number of rotatable bonds is 6. The summed E-state index contributed by atoms with van der Waals surface area (Å²) in [5, 5.41) is 2.91. The smallest absolute Gasteiger partial charge is 0.350 e. The summed E-state index contributed by atoms with van der Waals surface area (Å²) in [6.07, 6.45) is -3.99. The van der Waals surface area contributed by atoms with Gasteiger partial charge < -0.3 is 5.32 Å². The van der Waals surface area contributed by atoms with Crippen LogP contribution < -0.4 is 5.32 Å². The van der Waals surface area contributed by atoms with Crippen LogP contribution in [0.2, 0.25) is 0 Å². The summed E-state index contributed by atoms with van der Waals surface area (Å²) in [5.41, 5.74) is -1.50. The summed E-state index contributed by atoms with van der Waals surface area (Å²) in [6.45, 7) is 6.50. The molecule has 1 aromatic carbocycles. The predicted molar refractivity (Wildman–Crippen MR) is 99.2 cm³/mol. The van der Waals surface area contributed by atoms with Crippen molar-refractivity contribution in [2.45, 2.75) is 43.8 Å². The topological polar surface area (TPSA) is 69.7 Å². The number of sulfonamides is 1. The van der Waals surface area contributed by atoms with E-state index in [1.807, 2.05) is 20.8 Å². The highest BCUT2D eigenvalue weighted by Crippen LogP contribution is 2.35. The van der Waals surface area contributed by atoms with Gasteiger partial charge in [-0.25, -0.2) is 8.42 Å². The third kappa shape index (κ3) is 5.45. The van der Waals surface area contributed by atoms with Crippen LogP contribution in [0.5, 0.6) is 0 Å². The molecule has 0 aromatic heterocycles. The van der Waals surface area contributed by atoms with Gasteiger partial charge >= 0.3 is 6.18 Å². The van der Waals surface area contributed by atoms with E-state index in [4.69, 9.17) is 0 Å². The largest absolute Gasteiger partial charge is 0.417 e. The summed E-state index contributed by atoms with van der Waals surface area (Å²) in [5.74, 6) is -0.162. The van der Waals surface area contributed by atoms with E-state index in [2.05, 4.69) is 5.32 Å². The maximum absolute atomic E-state index is 13.2. The Morgan fingerprint density at radius 3 is 2.21 bits per heavy atom. The lowest BCUT2D eigenvalue weighted by Crippen LogP contribution is -2.53. The van der Waals surface area contributed by atoms with Crippen LogP contribution in [-0.2, 0) is 21.0 Å². The van der Waals surface area contributed by atoms with E-state index in [0.29, 0.717) is 0 Å². The average Bonchev–Trinajstić information content (AvgIpc) is 2.61. The van der Waals surface area contributed by atoms with Gasteiger partial charge in [0.1, 0.15) is 0 Å². The Kier molecular flexibility index (Phi) is 6.78. The van der Waals surface area contributed by atoms with Gasteiger partial charge in [0.2, 0.25) is 15.9 Å². The summed E-state index contributed by atoms with van der Waals surface area (Å²) in [7, 11) is -4.27.